The zero-order valence-corrected chi connectivity index (χ0v) is 21.5. The number of amides is 1. The number of thioether (sulfide) groups is 1. The quantitative estimate of drug-likeness (QED) is 0.403. The number of hydrogen-bond donors (Lipinski definition) is 1. The summed E-state index contributed by atoms with van der Waals surface area (Å²) < 4.78 is 20.8. The predicted molar refractivity (Wildman–Crippen MR) is 144 cm³/mol. The van der Waals surface area contributed by atoms with E-state index >= 15 is 4.39 Å². The average Bonchev–Trinajstić information content (AvgIpc) is 3.33. The summed E-state index contributed by atoms with van der Waals surface area (Å²) in [5.41, 5.74) is 3.32. The number of carbonyl (C=O) groups excluding carboxylic acids is 2. The number of pyridine rings is 1. The van der Waals surface area contributed by atoms with Crippen molar-refractivity contribution in [2.24, 2.45) is 4.99 Å². The molecule has 0 aliphatic carbocycles. The third-order valence-corrected chi connectivity index (χ3v) is 7.08. The number of benzene rings is 2. The van der Waals surface area contributed by atoms with E-state index < -0.39 is 17.8 Å². The maximum absolute atomic E-state index is 15.2. The lowest BCUT2D eigenvalue weighted by Crippen LogP contribution is -2.38. The molecule has 1 aromatic heterocycles. The molecule has 5 rings (SSSR count). The van der Waals surface area contributed by atoms with E-state index in [1.807, 2.05) is 41.8 Å². The van der Waals surface area contributed by atoms with E-state index in [-0.39, 0.29) is 24.5 Å². The Balaban J connectivity index is 1.41. The molecule has 2 aliphatic heterocycles. The van der Waals surface area contributed by atoms with Crippen LogP contribution in [0.1, 0.15) is 36.1 Å². The second-order valence-corrected chi connectivity index (χ2v) is 9.63. The third-order valence-electron chi connectivity index (χ3n) is 6.19. The van der Waals surface area contributed by atoms with Crippen molar-refractivity contribution in [2.75, 3.05) is 0 Å². The summed E-state index contributed by atoms with van der Waals surface area (Å²) in [4.78, 5) is 36.8. The lowest BCUT2D eigenvalue weighted by molar-refractivity contribution is -0.141. The minimum absolute atomic E-state index is 0.0304. The normalized spacial score (nSPS) is 16.5. The van der Waals surface area contributed by atoms with Gasteiger partial charge < -0.3 is 15.0 Å². The summed E-state index contributed by atoms with van der Waals surface area (Å²) in [5, 5.41) is 5.29. The van der Waals surface area contributed by atoms with Crippen molar-refractivity contribution in [3.05, 3.63) is 124 Å². The van der Waals surface area contributed by atoms with Crippen LogP contribution in [0.4, 0.5) is 4.39 Å². The Morgan fingerprint density at radius 1 is 1.05 bits per heavy atom. The van der Waals surface area contributed by atoms with Gasteiger partial charge in [0, 0.05) is 30.2 Å². The molecular formula is C29H25FN4O3S. The van der Waals surface area contributed by atoms with Gasteiger partial charge in [0.15, 0.2) is 5.17 Å². The van der Waals surface area contributed by atoms with Crippen molar-refractivity contribution < 1.29 is 18.7 Å². The van der Waals surface area contributed by atoms with Crippen LogP contribution >= 0.6 is 11.8 Å². The van der Waals surface area contributed by atoms with Crippen LogP contribution in [0.3, 0.4) is 0 Å². The molecule has 192 valence electrons. The SMILES string of the molecule is CC1=C(C(=O)OCc2ccccc2)C(c2ccccc2F)N2C(CC(=O)NCc3cccnc3)=CSC2=N1. The summed E-state index contributed by atoms with van der Waals surface area (Å²) >= 11 is 1.34. The Hall–Kier alpha value is -4.24. The molecule has 2 aliphatic rings. The number of halogens is 1. The Kier molecular flexibility index (Phi) is 7.65. The molecule has 0 saturated heterocycles. The molecule has 1 atom stereocenters. The first-order valence-electron chi connectivity index (χ1n) is 12.1. The highest BCUT2D eigenvalue weighted by Crippen LogP contribution is 2.45. The first-order valence-corrected chi connectivity index (χ1v) is 12.9. The maximum Gasteiger partial charge on any atom is 0.338 e. The van der Waals surface area contributed by atoms with Gasteiger partial charge in [-0.2, -0.15) is 0 Å². The minimum Gasteiger partial charge on any atom is -0.457 e. The summed E-state index contributed by atoms with van der Waals surface area (Å²) in [6.07, 6.45) is 3.39. The minimum atomic E-state index is -0.834. The molecule has 0 radical (unpaired) electrons. The fourth-order valence-electron chi connectivity index (χ4n) is 4.35. The molecule has 2 aromatic carbocycles. The number of nitrogens with zero attached hydrogens (tertiary/aromatic N) is 3. The molecule has 0 saturated carbocycles. The number of carbonyl (C=O) groups is 2. The van der Waals surface area contributed by atoms with Crippen LogP contribution in [0.2, 0.25) is 0 Å². The Morgan fingerprint density at radius 3 is 2.58 bits per heavy atom. The van der Waals surface area contributed by atoms with Crippen LogP contribution in [0.15, 0.2) is 106 Å². The van der Waals surface area contributed by atoms with Gasteiger partial charge in [-0.25, -0.2) is 14.2 Å². The molecule has 0 fully saturated rings. The second-order valence-electron chi connectivity index (χ2n) is 8.79. The molecular weight excluding hydrogens is 503 g/mol. The fraction of sp³-hybridized carbons (Fsp3) is 0.172. The summed E-state index contributed by atoms with van der Waals surface area (Å²) in [6, 6.07) is 18.5. The molecule has 1 N–H and O–H groups in total. The summed E-state index contributed by atoms with van der Waals surface area (Å²) in [6.45, 7) is 2.13. The number of rotatable bonds is 8. The van der Waals surface area contributed by atoms with Crippen LogP contribution in [0.25, 0.3) is 0 Å². The van der Waals surface area contributed by atoms with E-state index in [1.54, 1.807) is 48.5 Å². The predicted octanol–water partition coefficient (Wildman–Crippen LogP) is 5.25. The van der Waals surface area contributed by atoms with Gasteiger partial charge in [-0.1, -0.05) is 66.4 Å². The number of aromatic nitrogens is 1. The fourth-order valence-corrected chi connectivity index (χ4v) is 5.32. The van der Waals surface area contributed by atoms with Crippen molar-refractivity contribution in [3.63, 3.8) is 0 Å². The topological polar surface area (TPSA) is 83.9 Å². The van der Waals surface area contributed by atoms with Gasteiger partial charge in [0.1, 0.15) is 12.4 Å². The average molecular weight is 529 g/mol. The van der Waals surface area contributed by atoms with Gasteiger partial charge in [0.2, 0.25) is 5.91 Å². The van der Waals surface area contributed by atoms with Crippen molar-refractivity contribution in [1.82, 2.24) is 15.2 Å². The molecule has 3 aromatic rings. The Bertz CT molecular complexity index is 1440. The van der Waals surface area contributed by atoms with Crippen LogP contribution in [0, 0.1) is 5.82 Å². The zero-order valence-electron chi connectivity index (χ0n) is 20.6. The first-order chi connectivity index (χ1) is 18.5. The number of hydrogen-bond acceptors (Lipinski definition) is 7. The smallest absolute Gasteiger partial charge is 0.338 e. The number of amidine groups is 1. The monoisotopic (exact) mass is 528 g/mol. The Labute approximate surface area is 224 Å². The second kappa shape index (κ2) is 11.4. The van der Waals surface area contributed by atoms with E-state index in [2.05, 4.69) is 15.3 Å². The number of fused-ring (bicyclic) bond motifs is 1. The number of esters is 1. The summed E-state index contributed by atoms with van der Waals surface area (Å²) in [7, 11) is 0. The van der Waals surface area contributed by atoms with E-state index in [4.69, 9.17) is 4.74 Å². The van der Waals surface area contributed by atoms with Crippen molar-refractivity contribution >= 4 is 28.8 Å². The van der Waals surface area contributed by atoms with Gasteiger partial charge in [-0.15, -0.1) is 0 Å². The molecule has 3 heterocycles. The highest BCUT2D eigenvalue weighted by atomic mass is 32.2. The maximum atomic E-state index is 15.2. The van der Waals surface area contributed by atoms with E-state index in [0.717, 1.165) is 11.1 Å². The number of ether oxygens (including phenoxy) is 1. The van der Waals surface area contributed by atoms with Crippen molar-refractivity contribution in [2.45, 2.75) is 32.5 Å². The van der Waals surface area contributed by atoms with Gasteiger partial charge in [-0.3, -0.25) is 9.78 Å². The molecule has 1 amide bonds. The van der Waals surface area contributed by atoms with Crippen molar-refractivity contribution in [3.8, 4) is 0 Å². The van der Waals surface area contributed by atoms with Crippen LogP contribution in [-0.2, 0) is 27.5 Å². The van der Waals surface area contributed by atoms with Crippen molar-refractivity contribution in [1.29, 1.82) is 0 Å². The van der Waals surface area contributed by atoms with Crippen LogP contribution in [0.5, 0.6) is 0 Å². The largest absolute Gasteiger partial charge is 0.457 e. The van der Waals surface area contributed by atoms with E-state index in [1.165, 1.54) is 17.8 Å². The van der Waals surface area contributed by atoms with Crippen LogP contribution in [-0.4, -0.2) is 26.9 Å². The molecule has 0 spiro atoms. The van der Waals surface area contributed by atoms with Gasteiger partial charge in [0.05, 0.1) is 23.7 Å². The molecule has 0 bridgehead atoms. The van der Waals surface area contributed by atoms with Gasteiger partial charge in [0.25, 0.3) is 0 Å². The third kappa shape index (κ3) is 5.52. The highest BCUT2D eigenvalue weighted by Gasteiger charge is 2.42. The first kappa shape index (κ1) is 25.4. The number of allylic oxidation sites excluding steroid dienone is 1. The lowest BCUT2D eigenvalue weighted by atomic mass is 9.93. The van der Waals surface area contributed by atoms with Crippen LogP contribution < -0.4 is 5.32 Å². The molecule has 1 unspecified atom stereocenters. The Morgan fingerprint density at radius 2 is 1.82 bits per heavy atom. The lowest BCUT2D eigenvalue weighted by Gasteiger charge is -2.36. The van der Waals surface area contributed by atoms with E-state index in [0.29, 0.717) is 28.7 Å². The van der Waals surface area contributed by atoms with Gasteiger partial charge >= 0.3 is 5.97 Å². The standard InChI is InChI=1S/C29H25FN4O3S/c1-19-26(28(36)37-17-20-8-3-2-4-9-20)27(23-11-5-6-12-24(23)30)34-22(18-38-29(34)33-19)14-25(35)32-16-21-10-7-13-31-15-21/h2-13,15,18,27H,14,16-17H2,1H3,(H,32,35). The number of aliphatic imine (C=N–C) groups is 1. The number of nitrogens with one attached hydrogen (secondary N) is 1. The summed E-state index contributed by atoms with van der Waals surface area (Å²) in [5.74, 6) is -1.26. The molecule has 9 heteroatoms. The highest BCUT2D eigenvalue weighted by molar-refractivity contribution is 8.16. The zero-order chi connectivity index (χ0) is 26.5. The molecule has 38 heavy (non-hydrogen) atoms. The van der Waals surface area contributed by atoms with Gasteiger partial charge in [-0.05, 0) is 35.6 Å². The van der Waals surface area contributed by atoms with E-state index in [9.17, 15) is 9.59 Å². The molecule has 7 nitrogen and oxygen atoms in total.